The molecule has 0 spiro atoms. The second-order valence-electron chi connectivity index (χ2n) is 9.17. The van der Waals surface area contributed by atoms with Crippen molar-refractivity contribution in [1.82, 2.24) is 4.90 Å². The number of halogens is 3. The summed E-state index contributed by atoms with van der Waals surface area (Å²) in [4.78, 5) is 27.6. The van der Waals surface area contributed by atoms with E-state index in [1.165, 1.54) is 32.4 Å². The van der Waals surface area contributed by atoms with Gasteiger partial charge in [0.05, 0.1) is 41.6 Å². The summed E-state index contributed by atoms with van der Waals surface area (Å²) in [7, 11) is -1.95. The second kappa shape index (κ2) is 12.1. The molecule has 1 heterocycles. The number of nitrogens with zero attached hydrogens (tertiary/aromatic N) is 2. The topological polar surface area (TPSA) is 105 Å². The molecule has 13 heteroatoms. The largest absolute Gasteiger partial charge is 0.493 e. The Bertz CT molecular complexity index is 1540. The molecule has 1 N–H and O–H groups in total. The number of likely N-dealkylation sites (tertiary alicyclic amines) is 1. The molecule has 9 nitrogen and oxygen atoms in total. The van der Waals surface area contributed by atoms with Gasteiger partial charge in [-0.25, -0.2) is 8.42 Å². The van der Waals surface area contributed by atoms with Crippen LogP contribution in [0.15, 0.2) is 71.6 Å². The van der Waals surface area contributed by atoms with Crippen molar-refractivity contribution in [3.8, 4) is 11.5 Å². The molecule has 0 atom stereocenters. The Morgan fingerprint density at radius 2 is 1.61 bits per heavy atom. The maximum absolute atomic E-state index is 13.8. The van der Waals surface area contributed by atoms with Crippen molar-refractivity contribution >= 4 is 33.2 Å². The zero-order valence-corrected chi connectivity index (χ0v) is 23.1. The molecule has 0 unspecified atom stereocenters. The maximum atomic E-state index is 13.8. The monoisotopic (exact) mass is 591 g/mol. The molecule has 0 aliphatic carbocycles. The molecule has 4 rings (SSSR count). The first-order valence-corrected chi connectivity index (χ1v) is 14.0. The molecule has 3 aromatic rings. The van der Waals surface area contributed by atoms with Crippen LogP contribution in [0.4, 0.5) is 24.5 Å². The van der Waals surface area contributed by atoms with Crippen molar-refractivity contribution in [2.45, 2.75) is 23.9 Å². The lowest BCUT2D eigenvalue weighted by atomic mass is 10.1. The number of rotatable bonds is 9. The van der Waals surface area contributed by atoms with Crippen molar-refractivity contribution in [2.75, 3.05) is 43.5 Å². The average Bonchev–Trinajstić information content (AvgIpc) is 3.50. The van der Waals surface area contributed by atoms with E-state index >= 15 is 0 Å². The first-order valence-electron chi connectivity index (χ1n) is 12.6. The minimum absolute atomic E-state index is 0.0661. The number of sulfonamides is 1. The van der Waals surface area contributed by atoms with E-state index in [-0.39, 0.29) is 39.2 Å². The number of amides is 2. The Balaban J connectivity index is 1.71. The number of hydrogen-bond donors (Lipinski definition) is 1. The number of benzene rings is 3. The third kappa shape index (κ3) is 6.56. The smallest absolute Gasteiger partial charge is 0.416 e. The number of alkyl halides is 3. The highest BCUT2D eigenvalue weighted by atomic mass is 32.2. The average molecular weight is 592 g/mol. The van der Waals surface area contributed by atoms with E-state index in [0.29, 0.717) is 23.5 Å². The number of carbonyl (C=O) groups excluding carboxylic acids is 2. The number of para-hydroxylation sites is 1. The van der Waals surface area contributed by atoms with Crippen molar-refractivity contribution in [1.29, 1.82) is 0 Å². The molecule has 0 aromatic heterocycles. The normalized spacial score (nSPS) is 13.5. The molecule has 1 aliphatic heterocycles. The van der Waals surface area contributed by atoms with E-state index < -0.39 is 34.2 Å². The molecule has 1 fully saturated rings. The van der Waals surface area contributed by atoms with Crippen LogP contribution in [0.3, 0.4) is 0 Å². The van der Waals surface area contributed by atoms with Crippen LogP contribution < -0.4 is 19.1 Å². The Kier molecular flexibility index (Phi) is 8.76. The van der Waals surface area contributed by atoms with E-state index in [0.717, 1.165) is 37.1 Å². The van der Waals surface area contributed by atoms with E-state index in [1.54, 1.807) is 23.1 Å². The van der Waals surface area contributed by atoms with Crippen LogP contribution >= 0.6 is 0 Å². The maximum Gasteiger partial charge on any atom is 0.416 e. The van der Waals surface area contributed by atoms with E-state index in [2.05, 4.69) is 5.32 Å². The third-order valence-corrected chi connectivity index (χ3v) is 8.29. The highest BCUT2D eigenvalue weighted by molar-refractivity contribution is 7.92. The number of methoxy groups -OCH3 is 2. The van der Waals surface area contributed by atoms with Crippen molar-refractivity contribution in [3.05, 3.63) is 77.9 Å². The fourth-order valence-electron chi connectivity index (χ4n) is 4.45. The van der Waals surface area contributed by atoms with Crippen LogP contribution in [0.1, 0.15) is 28.8 Å². The molecule has 41 heavy (non-hydrogen) atoms. The summed E-state index contributed by atoms with van der Waals surface area (Å²) in [6.07, 6.45) is -3.04. The van der Waals surface area contributed by atoms with E-state index in [9.17, 15) is 31.2 Å². The molecule has 2 amide bonds. The summed E-state index contributed by atoms with van der Waals surface area (Å²) in [5.74, 6) is -0.857. The molecule has 1 aliphatic rings. The van der Waals surface area contributed by atoms with Crippen LogP contribution in [-0.4, -0.2) is 59.0 Å². The summed E-state index contributed by atoms with van der Waals surface area (Å²) in [5, 5.41) is 2.56. The Morgan fingerprint density at radius 3 is 2.27 bits per heavy atom. The highest BCUT2D eigenvalue weighted by Gasteiger charge is 2.34. The van der Waals surface area contributed by atoms with Gasteiger partial charge in [-0.3, -0.25) is 13.9 Å². The van der Waals surface area contributed by atoms with Crippen LogP contribution in [0.25, 0.3) is 0 Å². The van der Waals surface area contributed by atoms with Crippen LogP contribution in [0.5, 0.6) is 11.5 Å². The summed E-state index contributed by atoms with van der Waals surface area (Å²) in [6, 6.07) is 13.6. The number of nitrogens with one attached hydrogen (secondary N) is 1. The molecular weight excluding hydrogens is 563 g/mol. The van der Waals surface area contributed by atoms with Gasteiger partial charge in [0.15, 0.2) is 11.5 Å². The zero-order chi connectivity index (χ0) is 29.8. The summed E-state index contributed by atoms with van der Waals surface area (Å²) in [6.45, 7) is 0.270. The van der Waals surface area contributed by atoms with E-state index in [4.69, 9.17) is 9.47 Å². The molecule has 0 saturated carbocycles. The van der Waals surface area contributed by atoms with Gasteiger partial charge < -0.3 is 19.7 Å². The fourth-order valence-corrected chi connectivity index (χ4v) is 5.87. The van der Waals surface area contributed by atoms with Gasteiger partial charge in [0, 0.05) is 19.2 Å². The first-order chi connectivity index (χ1) is 19.5. The summed E-state index contributed by atoms with van der Waals surface area (Å²) in [5.41, 5.74) is -1.10. The molecule has 218 valence electrons. The van der Waals surface area contributed by atoms with Gasteiger partial charge in [-0.2, -0.15) is 13.2 Å². The molecular formula is C28H28F3N3O6S. The van der Waals surface area contributed by atoms with Gasteiger partial charge in [-0.1, -0.05) is 18.2 Å². The quantitative estimate of drug-likeness (QED) is 0.384. The number of hydrogen-bond acceptors (Lipinski definition) is 6. The Hall–Kier alpha value is -4.26. The van der Waals surface area contributed by atoms with Gasteiger partial charge in [0.2, 0.25) is 5.91 Å². The minimum Gasteiger partial charge on any atom is -0.493 e. The van der Waals surface area contributed by atoms with Gasteiger partial charge >= 0.3 is 6.18 Å². The standard InChI is InChI=1S/C28H28F3N3O6S/c1-39-24-13-12-21(17-25(24)40-2)41(37,38)34(20-9-7-8-19(16-20)28(29,30)31)18-26(35)32-23-11-4-3-10-22(23)27(36)33-14-5-6-15-33/h3-4,7-13,16-17H,5-6,14-15,18H2,1-2H3,(H,32,35). The SMILES string of the molecule is COc1ccc(S(=O)(=O)N(CC(=O)Nc2ccccc2C(=O)N2CCCC2)c2cccc(C(F)(F)F)c2)cc1OC. The van der Waals surface area contributed by atoms with Crippen molar-refractivity contribution in [3.63, 3.8) is 0 Å². The van der Waals surface area contributed by atoms with Gasteiger partial charge in [-0.15, -0.1) is 0 Å². The van der Waals surface area contributed by atoms with Gasteiger partial charge in [0.1, 0.15) is 6.54 Å². The van der Waals surface area contributed by atoms with Crippen LogP contribution in [0.2, 0.25) is 0 Å². The van der Waals surface area contributed by atoms with Crippen LogP contribution in [-0.2, 0) is 21.0 Å². The highest BCUT2D eigenvalue weighted by Crippen LogP contribution is 2.35. The van der Waals surface area contributed by atoms with Crippen molar-refractivity contribution in [2.24, 2.45) is 0 Å². The van der Waals surface area contributed by atoms with Gasteiger partial charge in [0.25, 0.3) is 15.9 Å². The summed E-state index contributed by atoms with van der Waals surface area (Å²) < 4.78 is 79.1. The number of carbonyl (C=O) groups is 2. The first kappa shape index (κ1) is 29.7. The fraction of sp³-hybridized carbons (Fsp3) is 0.286. The third-order valence-electron chi connectivity index (χ3n) is 6.52. The molecule has 0 radical (unpaired) electrons. The zero-order valence-electron chi connectivity index (χ0n) is 22.3. The lowest BCUT2D eigenvalue weighted by Gasteiger charge is -2.25. The molecule has 3 aromatic carbocycles. The van der Waals surface area contributed by atoms with E-state index in [1.807, 2.05) is 0 Å². The Labute approximate surface area is 235 Å². The molecule has 1 saturated heterocycles. The van der Waals surface area contributed by atoms with Crippen molar-refractivity contribution < 1.29 is 40.7 Å². The summed E-state index contributed by atoms with van der Waals surface area (Å²) >= 11 is 0. The second-order valence-corrected chi connectivity index (χ2v) is 11.0. The van der Waals surface area contributed by atoms with Crippen LogP contribution in [0, 0.1) is 0 Å². The lowest BCUT2D eigenvalue weighted by molar-refractivity contribution is -0.137. The Morgan fingerprint density at radius 1 is 0.927 bits per heavy atom. The van der Waals surface area contributed by atoms with Gasteiger partial charge in [-0.05, 0) is 55.3 Å². The number of anilines is 2. The number of ether oxygens (including phenoxy) is 2. The predicted octanol–water partition coefficient (Wildman–Crippen LogP) is 4.79. The molecule has 0 bridgehead atoms. The lowest BCUT2D eigenvalue weighted by Crippen LogP contribution is -2.38. The predicted molar refractivity (Wildman–Crippen MR) is 146 cm³/mol. The minimum atomic E-state index is -4.76.